The molecule has 1 saturated heterocycles. The molecule has 1 aromatic carbocycles. The van der Waals surface area contributed by atoms with Crippen LogP contribution in [0.5, 0.6) is 11.5 Å². The minimum absolute atomic E-state index is 0.138. The Bertz CT molecular complexity index is 847. The van der Waals surface area contributed by atoms with E-state index in [9.17, 15) is 18.0 Å². The number of rotatable bonds is 5. The third-order valence-electron chi connectivity index (χ3n) is 4.89. The van der Waals surface area contributed by atoms with Crippen molar-refractivity contribution in [3.8, 4) is 11.5 Å². The summed E-state index contributed by atoms with van der Waals surface area (Å²) in [5, 5.41) is 2.61. The van der Waals surface area contributed by atoms with Crippen molar-refractivity contribution in [3.05, 3.63) is 18.2 Å². The summed E-state index contributed by atoms with van der Waals surface area (Å²) in [5.74, 6) is -0.196. The zero-order valence-corrected chi connectivity index (χ0v) is 16.7. The maximum atomic E-state index is 12.9. The molecule has 1 N–H and O–H groups in total. The second-order valence-electron chi connectivity index (χ2n) is 6.74. The minimum atomic E-state index is -3.69. The van der Waals surface area contributed by atoms with Gasteiger partial charge in [-0.2, -0.15) is 4.31 Å². The Balaban J connectivity index is 1.62. The lowest BCUT2D eigenvalue weighted by Crippen LogP contribution is -2.46. The van der Waals surface area contributed by atoms with Crippen LogP contribution in [0.3, 0.4) is 0 Å². The Labute approximate surface area is 164 Å². The number of sulfonamides is 1. The maximum absolute atomic E-state index is 12.9. The largest absolute Gasteiger partial charge is 0.486 e. The summed E-state index contributed by atoms with van der Waals surface area (Å²) in [7, 11) is -2.44. The summed E-state index contributed by atoms with van der Waals surface area (Å²) >= 11 is 0. The third-order valence-corrected chi connectivity index (χ3v) is 6.78. The standard InChI is InChI=1S/C18H24N2O7S/c1-12(18(22)25-2)19-17(21)13-5-7-20(8-6-13)28(23,24)14-3-4-15-16(11-14)27-10-9-26-15/h3-4,11-13H,5-10H2,1-2H3,(H,19,21)/t12-/m1/s1. The van der Waals surface area contributed by atoms with Crippen LogP contribution < -0.4 is 14.8 Å². The van der Waals surface area contributed by atoms with Gasteiger partial charge in [-0.3, -0.25) is 4.79 Å². The van der Waals surface area contributed by atoms with Gasteiger partial charge in [0.1, 0.15) is 19.3 Å². The molecule has 3 rings (SSSR count). The third kappa shape index (κ3) is 4.22. The second kappa shape index (κ2) is 8.36. The summed E-state index contributed by atoms with van der Waals surface area (Å²) in [6.45, 7) is 2.80. The van der Waals surface area contributed by atoms with Crippen molar-refractivity contribution in [2.75, 3.05) is 33.4 Å². The van der Waals surface area contributed by atoms with Crippen LogP contribution in [0.4, 0.5) is 0 Å². The van der Waals surface area contributed by atoms with E-state index in [1.54, 1.807) is 13.0 Å². The summed E-state index contributed by atoms with van der Waals surface area (Å²) in [6.07, 6.45) is 0.757. The number of esters is 1. The van der Waals surface area contributed by atoms with Crippen molar-refractivity contribution >= 4 is 21.9 Å². The number of amides is 1. The molecule has 2 aliphatic rings. The van der Waals surface area contributed by atoms with Crippen LogP contribution in [0.15, 0.2) is 23.1 Å². The van der Waals surface area contributed by atoms with Gasteiger partial charge < -0.3 is 19.5 Å². The highest BCUT2D eigenvalue weighted by molar-refractivity contribution is 7.89. The first-order valence-corrected chi connectivity index (χ1v) is 10.5. The van der Waals surface area contributed by atoms with Crippen molar-refractivity contribution in [2.45, 2.75) is 30.7 Å². The van der Waals surface area contributed by atoms with E-state index in [-0.39, 0.29) is 29.8 Å². The number of piperidine rings is 1. The molecule has 1 atom stereocenters. The monoisotopic (exact) mass is 412 g/mol. The van der Waals surface area contributed by atoms with E-state index in [0.29, 0.717) is 37.6 Å². The molecule has 2 aliphatic heterocycles. The van der Waals surface area contributed by atoms with Gasteiger partial charge in [-0.1, -0.05) is 0 Å². The first kappa shape index (κ1) is 20.4. The van der Waals surface area contributed by atoms with Crippen molar-refractivity contribution in [1.82, 2.24) is 9.62 Å². The van der Waals surface area contributed by atoms with Crippen molar-refractivity contribution in [2.24, 2.45) is 5.92 Å². The van der Waals surface area contributed by atoms with Gasteiger partial charge in [0.05, 0.1) is 12.0 Å². The lowest BCUT2D eigenvalue weighted by molar-refractivity contribution is -0.145. The predicted octanol–water partition coefficient (Wildman–Crippen LogP) is 0.536. The first-order valence-electron chi connectivity index (χ1n) is 9.11. The van der Waals surface area contributed by atoms with Gasteiger partial charge in [0.2, 0.25) is 15.9 Å². The van der Waals surface area contributed by atoms with Gasteiger partial charge >= 0.3 is 5.97 Å². The fraction of sp³-hybridized carbons (Fsp3) is 0.556. The van der Waals surface area contributed by atoms with Gasteiger partial charge in [-0.15, -0.1) is 0 Å². The number of nitrogens with zero attached hydrogens (tertiary/aromatic N) is 1. The van der Waals surface area contributed by atoms with Crippen LogP contribution in [0, 0.1) is 5.92 Å². The number of carbonyl (C=O) groups excluding carboxylic acids is 2. The number of benzene rings is 1. The van der Waals surface area contributed by atoms with E-state index in [1.165, 1.54) is 23.5 Å². The molecule has 0 radical (unpaired) electrons. The number of hydrogen-bond acceptors (Lipinski definition) is 7. The molecule has 0 spiro atoms. The number of methoxy groups -OCH3 is 1. The van der Waals surface area contributed by atoms with Crippen molar-refractivity contribution in [1.29, 1.82) is 0 Å². The highest BCUT2D eigenvalue weighted by Gasteiger charge is 2.33. The van der Waals surface area contributed by atoms with Gasteiger partial charge in [0.25, 0.3) is 0 Å². The van der Waals surface area contributed by atoms with Gasteiger partial charge in [0, 0.05) is 25.1 Å². The topological polar surface area (TPSA) is 111 Å². The normalized spacial score (nSPS) is 18.9. The molecule has 1 aromatic rings. The summed E-state index contributed by atoms with van der Waals surface area (Å²) in [4.78, 5) is 23.9. The highest BCUT2D eigenvalue weighted by atomic mass is 32.2. The van der Waals surface area contributed by atoms with Crippen molar-refractivity contribution < 1.29 is 32.2 Å². The molecular weight excluding hydrogens is 388 g/mol. The molecular formula is C18H24N2O7S. The molecule has 0 saturated carbocycles. The Kier molecular flexibility index (Phi) is 6.09. The summed E-state index contributed by atoms with van der Waals surface area (Å²) in [5.41, 5.74) is 0. The van der Waals surface area contributed by atoms with Gasteiger partial charge in [-0.25, -0.2) is 13.2 Å². The Morgan fingerprint density at radius 3 is 2.46 bits per heavy atom. The fourth-order valence-corrected chi connectivity index (χ4v) is 4.74. The molecule has 0 aliphatic carbocycles. The van der Waals surface area contributed by atoms with Crippen LogP contribution in [-0.2, 0) is 24.3 Å². The van der Waals surface area contributed by atoms with Gasteiger partial charge in [-0.05, 0) is 31.9 Å². The van der Waals surface area contributed by atoms with Crippen LogP contribution >= 0.6 is 0 Å². The van der Waals surface area contributed by atoms with E-state index in [0.717, 1.165) is 0 Å². The lowest BCUT2D eigenvalue weighted by atomic mass is 9.97. The summed E-state index contributed by atoms with van der Waals surface area (Å²) in [6, 6.07) is 3.83. The van der Waals surface area contributed by atoms with Crippen LogP contribution in [-0.4, -0.2) is 64.1 Å². The SMILES string of the molecule is COC(=O)[C@@H](C)NC(=O)C1CCN(S(=O)(=O)c2ccc3c(c2)OCCO3)CC1. The minimum Gasteiger partial charge on any atom is -0.486 e. The number of carbonyl (C=O) groups is 2. The van der Waals surface area contributed by atoms with Crippen LogP contribution in [0.1, 0.15) is 19.8 Å². The lowest BCUT2D eigenvalue weighted by Gasteiger charge is -2.31. The molecule has 10 heteroatoms. The molecule has 154 valence electrons. The zero-order chi connectivity index (χ0) is 20.3. The molecule has 0 bridgehead atoms. The number of fused-ring (bicyclic) bond motifs is 1. The molecule has 1 fully saturated rings. The van der Waals surface area contributed by atoms with Crippen LogP contribution in [0.25, 0.3) is 0 Å². The van der Waals surface area contributed by atoms with Gasteiger partial charge in [0.15, 0.2) is 11.5 Å². The molecule has 28 heavy (non-hydrogen) atoms. The van der Waals surface area contributed by atoms with E-state index in [1.807, 2.05) is 0 Å². The molecule has 9 nitrogen and oxygen atoms in total. The molecule has 1 amide bonds. The van der Waals surface area contributed by atoms with E-state index in [2.05, 4.69) is 10.1 Å². The molecule has 0 aromatic heterocycles. The first-order chi connectivity index (χ1) is 13.3. The average Bonchev–Trinajstić information content (AvgIpc) is 2.72. The van der Waals surface area contributed by atoms with E-state index in [4.69, 9.17) is 9.47 Å². The fourth-order valence-electron chi connectivity index (χ4n) is 3.26. The zero-order valence-electron chi connectivity index (χ0n) is 15.8. The number of nitrogens with one attached hydrogen (secondary N) is 1. The maximum Gasteiger partial charge on any atom is 0.328 e. The predicted molar refractivity (Wildman–Crippen MR) is 98.5 cm³/mol. The van der Waals surface area contributed by atoms with E-state index >= 15 is 0 Å². The molecule has 0 unspecified atom stereocenters. The quantitative estimate of drug-likeness (QED) is 0.703. The number of ether oxygens (including phenoxy) is 3. The number of hydrogen-bond donors (Lipinski definition) is 1. The van der Waals surface area contributed by atoms with Crippen molar-refractivity contribution in [3.63, 3.8) is 0 Å². The smallest absolute Gasteiger partial charge is 0.328 e. The Morgan fingerprint density at radius 1 is 1.18 bits per heavy atom. The second-order valence-corrected chi connectivity index (χ2v) is 8.68. The Hall–Kier alpha value is -2.33. The summed E-state index contributed by atoms with van der Waals surface area (Å²) < 4.78 is 42.7. The van der Waals surface area contributed by atoms with E-state index < -0.39 is 22.0 Å². The highest BCUT2D eigenvalue weighted by Crippen LogP contribution is 2.34. The Morgan fingerprint density at radius 2 is 1.82 bits per heavy atom. The molecule has 2 heterocycles. The average molecular weight is 412 g/mol. The van der Waals surface area contributed by atoms with Crippen LogP contribution in [0.2, 0.25) is 0 Å².